The first-order chi connectivity index (χ1) is 18.2. The van der Waals surface area contributed by atoms with Crippen LogP contribution < -0.4 is 24.2 Å². The largest absolute Gasteiger partial charge is 0.481 e. The van der Waals surface area contributed by atoms with Crippen LogP contribution in [0.1, 0.15) is 10.5 Å². The first-order valence-corrected chi connectivity index (χ1v) is 13.3. The Morgan fingerprint density at radius 1 is 1.05 bits per heavy atom. The van der Waals surface area contributed by atoms with Crippen LogP contribution in [-0.4, -0.2) is 48.3 Å². The van der Waals surface area contributed by atoms with Crippen molar-refractivity contribution in [2.24, 2.45) is 0 Å². The average molecular weight is 624 g/mol. The molecule has 4 aromatic rings. The minimum atomic E-state index is -4.00. The summed E-state index contributed by atoms with van der Waals surface area (Å²) in [7, 11) is -1.27. The molecule has 0 saturated carbocycles. The van der Waals surface area contributed by atoms with E-state index in [2.05, 4.69) is 41.0 Å². The van der Waals surface area contributed by atoms with E-state index >= 15 is 0 Å². The molecule has 0 fully saturated rings. The van der Waals surface area contributed by atoms with E-state index in [1.54, 1.807) is 24.4 Å². The lowest BCUT2D eigenvalue weighted by Crippen LogP contribution is -2.16. The standard InChI is InChI=1S/C23H20BrClN6O6S/c1-35-21-12-20(27-23(28-21)36-2)30-38(33,34)16-6-4-15(5-7-16)26-22(32)18-9-10-31(29-18)13-37-19-8-3-14(25)11-17(19)24/h3-12H,13H2,1-2H3,(H,26,32)(H,27,28,30). The molecule has 2 aromatic heterocycles. The summed E-state index contributed by atoms with van der Waals surface area (Å²) < 4.78 is 45.7. The number of carbonyl (C=O) groups excluding carboxylic acids is 1. The molecule has 4 rings (SSSR count). The van der Waals surface area contributed by atoms with Crippen molar-refractivity contribution in [1.29, 1.82) is 0 Å². The van der Waals surface area contributed by atoms with Gasteiger partial charge in [-0.15, -0.1) is 0 Å². The Morgan fingerprint density at radius 2 is 1.82 bits per heavy atom. The van der Waals surface area contributed by atoms with Crippen LogP contribution in [0.15, 0.2) is 70.2 Å². The quantitative estimate of drug-likeness (QED) is 0.265. The number of aromatic nitrogens is 4. The van der Waals surface area contributed by atoms with Crippen LogP contribution in [0.5, 0.6) is 17.6 Å². The first-order valence-electron chi connectivity index (χ1n) is 10.7. The third kappa shape index (κ3) is 6.70. The van der Waals surface area contributed by atoms with Crippen molar-refractivity contribution in [3.8, 4) is 17.6 Å². The zero-order valence-electron chi connectivity index (χ0n) is 19.9. The number of hydrogen-bond acceptors (Lipinski definition) is 9. The van der Waals surface area contributed by atoms with Gasteiger partial charge >= 0.3 is 6.01 Å². The topological polar surface area (TPSA) is 147 Å². The number of benzene rings is 2. The molecule has 15 heteroatoms. The molecular formula is C23H20BrClN6O6S. The van der Waals surface area contributed by atoms with E-state index < -0.39 is 15.9 Å². The zero-order valence-corrected chi connectivity index (χ0v) is 23.0. The second-order valence-electron chi connectivity index (χ2n) is 7.45. The monoisotopic (exact) mass is 622 g/mol. The van der Waals surface area contributed by atoms with Gasteiger partial charge < -0.3 is 19.5 Å². The second-order valence-corrected chi connectivity index (χ2v) is 10.4. The lowest BCUT2D eigenvalue weighted by molar-refractivity contribution is 0.102. The van der Waals surface area contributed by atoms with E-state index in [4.69, 9.17) is 25.8 Å². The van der Waals surface area contributed by atoms with Crippen LogP contribution >= 0.6 is 27.5 Å². The summed E-state index contributed by atoms with van der Waals surface area (Å²) in [6.07, 6.45) is 1.59. The number of halogens is 2. The molecule has 0 atom stereocenters. The molecule has 0 aliphatic heterocycles. The van der Waals surface area contributed by atoms with Crippen molar-refractivity contribution < 1.29 is 27.4 Å². The van der Waals surface area contributed by atoms with Gasteiger partial charge in [-0.25, -0.2) is 13.1 Å². The molecule has 0 spiro atoms. The number of methoxy groups -OCH3 is 2. The maximum absolute atomic E-state index is 12.8. The van der Waals surface area contributed by atoms with Gasteiger partial charge in [0.2, 0.25) is 5.88 Å². The Hall–Kier alpha value is -3.88. The lowest BCUT2D eigenvalue weighted by atomic mass is 10.3. The number of carbonyl (C=O) groups is 1. The average Bonchev–Trinajstić information content (AvgIpc) is 3.37. The summed E-state index contributed by atoms with van der Waals surface area (Å²) in [5, 5.41) is 7.44. The predicted octanol–water partition coefficient (Wildman–Crippen LogP) is 4.20. The van der Waals surface area contributed by atoms with Crippen LogP contribution in [0, 0.1) is 0 Å². The fourth-order valence-corrected chi connectivity index (χ4v) is 4.83. The van der Waals surface area contributed by atoms with Crippen molar-refractivity contribution in [2.45, 2.75) is 11.6 Å². The van der Waals surface area contributed by atoms with E-state index in [9.17, 15) is 13.2 Å². The molecule has 38 heavy (non-hydrogen) atoms. The van der Waals surface area contributed by atoms with Crippen LogP contribution in [0.4, 0.5) is 11.5 Å². The fourth-order valence-electron chi connectivity index (χ4n) is 3.04. The van der Waals surface area contributed by atoms with E-state index in [1.165, 1.54) is 55.3 Å². The van der Waals surface area contributed by atoms with Gasteiger partial charge in [-0.1, -0.05) is 11.6 Å². The highest BCUT2D eigenvalue weighted by Crippen LogP contribution is 2.28. The minimum Gasteiger partial charge on any atom is -0.481 e. The van der Waals surface area contributed by atoms with Gasteiger partial charge in [0.05, 0.1) is 23.6 Å². The Labute approximate surface area is 231 Å². The highest BCUT2D eigenvalue weighted by atomic mass is 79.9. The molecule has 0 aliphatic carbocycles. The number of rotatable bonds is 10. The number of nitrogens with one attached hydrogen (secondary N) is 2. The lowest BCUT2D eigenvalue weighted by Gasteiger charge is -2.10. The summed E-state index contributed by atoms with van der Waals surface area (Å²) in [5.41, 5.74) is 0.518. The van der Waals surface area contributed by atoms with Crippen molar-refractivity contribution in [3.05, 3.63) is 76.0 Å². The maximum atomic E-state index is 12.8. The van der Waals surface area contributed by atoms with Crippen molar-refractivity contribution in [1.82, 2.24) is 19.7 Å². The maximum Gasteiger partial charge on any atom is 0.321 e. The molecule has 0 radical (unpaired) electrons. The fraction of sp³-hybridized carbons (Fsp3) is 0.130. The third-order valence-corrected chi connectivity index (χ3v) is 7.08. The van der Waals surface area contributed by atoms with Crippen molar-refractivity contribution in [2.75, 3.05) is 24.3 Å². The zero-order chi connectivity index (χ0) is 27.3. The van der Waals surface area contributed by atoms with Crippen LogP contribution in [-0.2, 0) is 16.8 Å². The Bertz CT molecular complexity index is 1540. The molecular weight excluding hydrogens is 604 g/mol. The van der Waals surface area contributed by atoms with Gasteiger partial charge in [-0.2, -0.15) is 15.1 Å². The molecule has 2 N–H and O–H groups in total. The Kier molecular flexibility index (Phi) is 8.34. The number of amides is 1. The SMILES string of the molecule is COc1cc(NS(=O)(=O)c2ccc(NC(=O)c3ccn(COc4ccc(Cl)cc4Br)n3)cc2)nc(OC)n1. The molecule has 0 aliphatic rings. The highest BCUT2D eigenvalue weighted by Gasteiger charge is 2.18. The summed E-state index contributed by atoms with van der Waals surface area (Å²) in [6, 6.07) is 13.5. The van der Waals surface area contributed by atoms with Gasteiger partial charge in [0.1, 0.15) is 5.75 Å². The number of sulfonamides is 1. The summed E-state index contributed by atoms with van der Waals surface area (Å²) in [5.74, 6) is 0.178. The third-order valence-electron chi connectivity index (χ3n) is 4.85. The number of ether oxygens (including phenoxy) is 3. The molecule has 0 unspecified atom stereocenters. The smallest absolute Gasteiger partial charge is 0.321 e. The molecule has 2 heterocycles. The number of nitrogens with zero attached hydrogens (tertiary/aromatic N) is 4. The minimum absolute atomic E-state index is 0.0333. The number of hydrogen-bond donors (Lipinski definition) is 2. The van der Waals surface area contributed by atoms with Gasteiger partial charge in [0.15, 0.2) is 18.2 Å². The molecule has 0 saturated heterocycles. The van der Waals surface area contributed by atoms with E-state index in [1.807, 2.05) is 0 Å². The second kappa shape index (κ2) is 11.7. The van der Waals surface area contributed by atoms with Crippen molar-refractivity contribution >= 4 is 55.0 Å². The van der Waals surface area contributed by atoms with Gasteiger partial charge in [0.25, 0.3) is 15.9 Å². The molecule has 1 amide bonds. The first kappa shape index (κ1) is 27.2. The van der Waals surface area contributed by atoms with Gasteiger partial charge in [-0.05, 0) is 64.5 Å². The molecule has 198 valence electrons. The summed E-state index contributed by atoms with van der Waals surface area (Å²) in [4.78, 5) is 20.4. The normalized spacial score (nSPS) is 11.1. The predicted molar refractivity (Wildman–Crippen MR) is 142 cm³/mol. The Morgan fingerprint density at radius 3 is 2.50 bits per heavy atom. The Balaban J connectivity index is 1.38. The summed E-state index contributed by atoms with van der Waals surface area (Å²) >= 11 is 9.30. The molecule has 2 aromatic carbocycles. The van der Waals surface area contributed by atoms with Crippen LogP contribution in [0.2, 0.25) is 5.02 Å². The van der Waals surface area contributed by atoms with Crippen LogP contribution in [0.25, 0.3) is 0 Å². The van der Waals surface area contributed by atoms with Crippen LogP contribution in [0.3, 0.4) is 0 Å². The molecule has 12 nitrogen and oxygen atoms in total. The summed E-state index contributed by atoms with van der Waals surface area (Å²) in [6.45, 7) is 0.0666. The van der Waals surface area contributed by atoms with E-state index in [-0.39, 0.29) is 35.0 Å². The van der Waals surface area contributed by atoms with E-state index in [0.717, 1.165) is 0 Å². The van der Waals surface area contributed by atoms with Gasteiger partial charge in [-0.3, -0.25) is 9.52 Å². The van der Waals surface area contributed by atoms with Crippen molar-refractivity contribution in [3.63, 3.8) is 0 Å². The molecule has 0 bridgehead atoms. The highest BCUT2D eigenvalue weighted by molar-refractivity contribution is 9.10. The van der Waals surface area contributed by atoms with E-state index in [0.29, 0.717) is 20.9 Å². The van der Waals surface area contributed by atoms with Gasteiger partial charge in [0, 0.05) is 23.0 Å². The number of anilines is 2.